The molecule has 1 aromatic heterocycles. The zero-order chi connectivity index (χ0) is 13.9. The summed E-state index contributed by atoms with van der Waals surface area (Å²) >= 11 is 5.84. The first-order valence-electron chi connectivity index (χ1n) is 5.60. The van der Waals surface area contributed by atoms with Crippen LogP contribution in [0.25, 0.3) is 10.9 Å². The molecule has 0 unspecified atom stereocenters. The molecule has 0 atom stereocenters. The van der Waals surface area contributed by atoms with Crippen molar-refractivity contribution in [3.05, 3.63) is 38.9 Å². The normalized spacial score (nSPS) is 9.89. The van der Waals surface area contributed by atoms with Gasteiger partial charge in [-0.15, -0.1) is 0 Å². The maximum atomic E-state index is 13.9. The predicted molar refractivity (Wildman–Crippen MR) is 72.2 cm³/mol. The van der Waals surface area contributed by atoms with Crippen LogP contribution in [0.3, 0.4) is 0 Å². The molecule has 0 aliphatic rings. The number of aromatic amines is 1. The first-order valence-corrected chi connectivity index (χ1v) is 5.98. The summed E-state index contributed by atoms with van der Waals surface area (Å²) < 4.78 is 18.7. The number of aryl methyl sites for hydroxylation is 1. The van der Waals surface area contributed by atoms with Crippen LogP contribution in [0.4, 0.5) is 4.39 Å². The lowest BCUT2D eigenvalue weighted by molar-refractivity contribution is 0.389. The molecule has 0 bridgehead atoms. The topological polar surface area (TPSA) is 42.1 Å². The van der Waals surface area contributed by atoms with Gasteiger partial charge in [0.2, 0.25) is 0 Å². The van der Waals surface area contributed by atoms with Gasteiger partial charge in [0.05, 0.1) is 17.6 Å². The summed E-state index contributed by atoms with van der Waals surface area (Å²) in [6.45, 7) is 5.65. The monoisotopic (exact) mass is 271 g/mol. The van der Waals surface area contributed by atoms with E-state index in [1.807, 2.05) is 13.8 Å². The summed E-state index contributed by atoms with van der Waals surface area (Å²) in [6, 6.07) is 3.14. The van der Waals surface area contributed by atoms with Crippen LogP contribution in [-0.2, 0) is 0 Å². The number of H-pyrrole nitrogens is 1. The van der Waals surface area contributed by atoms with E-state index in [2.05, 4.69) is 4.98 Å². The Balaban J connectivity index is 0.000000771. The minimum Gasteiger partial charge on any atom is -0.492 e. The second-order valence-corrected chi connectivity index (χ2v) is 3.86. The number of ether oxygens (including phenoxy) is 1. The number of hydrogen-bond acceptors (Lipinski definition) is 2. The third kappa shape index (κ3) is 2.48. The van der Waals surface area contributed by atoms with E-state index in [0.717, 1.165) is 0 Å². The smallest absolute Gasteiger partial charge is 0.251 e. The Bertz CT molecular complexity index is 622. The van der Waals surface area contributed by atoms with Gasteiger partial charge in [-0.3, -0.25) is 4.79 Å². The molecule has 0 aliphatic heterocycles. The average Bonchev–Trinajstić information content (AvgIpc) is 2.35. The number of pyridine rings is 1. The summed E-state index contributed by atoms with van der Waals surface area (Å²) in [5.74, 6) is -0.712. The summed E-state index contributed by atoms with van der Waals surface area (Å²) in [4.78, 5) is 13.8. The van der Waals surface area contributed by atoms with Crippen LogP contribution in [0.15, 0.2) is 16.9 Å². The van der Waals surface area contributed by atoms with E-state index >= 15 is 0 Å². The lowest BCUT2D eigenvalue weighted by Crippen LogP contribution is -2.09. The first kappa shape index (κ1) is 14.5. The molecule has 0 fully saturated rings. The van der Waals surface area contributed by atoms with Crippen molar-refractivity contribution in [2.24, 2.45) is 0 Å². The van der Waals surface area contributed by atoms with Crippen molar-refractivity contribution in [3.8, 4) is 5.75 Å². The average molecular weight is 272 g/mol. The summed E-state index contributed by atoms with van der Waals surface area (Å²) in [6.07, 6.45) is 0. The van der Waals surface area contributed by atoms with Crippen LogP contribution < -0.4 is 10.3 Å². The number of nitrogens with one attached hydrogen (secondary N) is 1. The molecule has 0 saturated carbocycles. The number of benzene rings is 1. The Morgan fingerprint density at radius 2 is 1.94 bits per heavy atom. The second kappa shape index (κ2) is 5.87. The number of halogens is 2. The Morgan fingerprint density at radius 3 is 2.50 bits per heavy atom. The van der Waals surface area contributed by atoms with Crippen molar-refractivity contribution < 1.29 is 9.13 Å². The van der Waals surface area contributed by atoms with Crippen LogP contribution in [0.2, 0.25) is 5.02 Å². The Kier molecular flexibility index (Phi) is 4.73. The van der Waals surface area contributed by atoms with Crippen LogP contribution in [0.1, 0.15) is 19.4 Å². The van der Waals surface area contributed by atoms with Crippen molar-refractivity contribution in [2.45, 2.75) is 20.8 Å². The van der Waals surface area contributed by atoms with Gasteiger partial charge in [-0.25, -0.2) is 4.39 Å². The quantitative estimate of drug-likeness (QED) is 0.860. The number of rotatable bonds is 1. The van der Waals surface area contributed by atoms with Gasteiger partial charge in [-0.05, 0) is 19.1 Å². The standard InChI is InChI=1S/C11H9ClFNO2.C2H6/c1-5-3-6-4-7(12)10(16-2)8(13)9(6)14-11(5)15;1-2/h3-4H,1-2H3,(H,14,15);1-2H3. The van der Waals surface area contributed by atoms with Gasteiger partial charge in [0, 0.05) is 10.9 Å². The van der Waals surface area contributed by atoms with Crippen LogP contribution in [-0.4, -0.2) is 12.1 Å². The minimum absolute atomic E-state index is 0.0614. The largest absolute Gasteiger partial charge is 0.492 e. The maximum Gasteiger partial charge on any atom is 0.251 e. The highest BCUT2D eigenvalue weighted by molar-refractivity contribution is 6.32. The molecule has 1 aromatic carbocycles. The summed E-state index contributed by atoms with van der Waals surface area (Å²) in [5, 5.41) is 0.722. The fourth-order valence-corrected chi connectivity index (χ4v) is 1.84. The van der Waals surface area contributed by atoms with Gasteiger partial charge in [0.15, 0.2) is 11.6 Å². The molecular formula is C13H15ClFNO2. The van der Waals surface area contributed by atoms with Crippen molar-refractivity contribution in [2.75, 3.05) is 7.11 Å². The molecule has 2 aromatic rings. The van der Waals surface area contributed by atoms with E-state index < -0.39 is 5.82 Å². The summed E-state index contributed by atoms with van der Waals surface area (Å²) in [7, 11) is 1.32. The molecule has 3 nitrogen and oxygen atoms in total. The predicted octanol–water partition coefficient (Wildman–Crippen LogP) is 3.66. The lowest BCUT2D eigenvalue weighted by Gasteiger charge is -2.07. The molecule has 2 rings (SSSR count). The highest BCUT2D eigenvalue weighted by atomic mass is 35.5. The van der Waals surface area contributed by atoms with E-state index in [4.69, 9.17) is 16.3 Å². The fourth-order valence-electron chi connectivity index (χ4n) is 1.56. The molecule has 0 radical (unpaired) electrons. The van der Waals surface area contributed by atoms with Crippen LogP contribution in [0, 0.1) is 12.7 Å². The Labute approximate surface area is 110 Å². The van der Waals surface area contributed by atoms with E-state index in [1.165, 1.54) is 7.11 Å². The van der Waals surface area contributed by atoms with Gasteiger partial charge >= 0.3 is 0 Å². The molecule has 1 N–H and O–H groups in total. The van der Waals surface area contributed by atoms with Crippen molar-refractivity contribution in [3.63, 3.8) is 0 Å². The van der Waals surface area contributed by atoms with Gasteiger partial charge in [-0.2, -0.15) is 0 Å². The highest BCUT2D eigenvalue weighted by Gasteiger charge is 2.14. The molecule has 18 heavy (non-hydrogen) atoms. The molecular weight excluding hydrogens is 257 g/mol. The molecule has 98 valence electrons. The zero-order valence-corrected chi connectivity index (χ0v) is 11.5. The second-order valence-electron chi connectivity index (χ2n) is 3.45. The van der Waals surface area contributed by atoms with Crippen molar-refractivity contribution in [1.29, 1.82) is 0 Å². The van der Waals surface area contributed by atoms with E-state index in [-0.39, 0.29) is 21.8 Å². The first-order chi connectivity index (χ1) is 8.54. The van der Waals surface area contributed by atoms with E-state index in [1.54, 1.807) is 19.1 Å². The van der Waals surface area contributed by atoms with Crippen LogP contribution in [0.5, 0.6) is 5.75 Å². The third-order valence-electron chi connectivity index (χ3n) is 2.38. The van der Waals surface area contributed by atoms with Crippen molar-refractivity contribution in [1.82, 2.24) is 4.98 Å². The Morgan fingerprint density at radius 1 is 1.33 bits per heavy atom. The maximum absolute atomic E-state index is 13.9. The summed E-state index contributed by atoms with van der Waals surface area (Å²) in [5.41, 5.74) is 0.292. The molecule has 0 amide bonds. The third-order valence-corrected chi connectivity index (χ3v) is 2.66. The van der Waals surface area contributed by atoms with E-state index in [0.29, 0.717) is 10.9 Å². The number of methoxy groups -OCH3 is 1. The minimum atomic E-state index is -0.651. The van der Waals surface area contributed by atoms with E-state index in [9.17, 15) is 9.18 Å². The SMILES string of the molecule is CC.COc1c(Cl)cc2cc(C)c(=O)[nH]c2c1F. The van der Waals surface area contributed by atoms with Gasteiger partial charge in [0.25, 0.3) is 5.56 Å². The highest BCUT2D eigenvalue weighted by Crippen LogP contribution is 2.32. The number of hydrogen-bond donors (Lipinski definition) is 1. The fraction of sp³-hybridized carbons (Fsp3) is 0.308. The van der Waals surface area contributed by atoms with Gasteiger partial charge in [-0.1, -0.05) is 25.4 Å². The zero-order valence-electron chi connectivity index (χ0n) is 10.7. The number of aromatic nitrogens is 1. The molecule has 0 spiro atoms. The van der Waals surface area contributed by atoms with Crippen molar-refractivity contribution >= 4 is 22.5 Å². The molecule has 5 heteroatoms. The lowest BCUT2D eigenvalue weighted by atomic mass is 10.1. The number of fused-ring (bicyclic) bond motifs is 1. The molecule has 1 heterocycles. The van der Waals surface area contributed by atoms with Gasteiger partial charge < -0.3 is 9.72 Å². The van der Waals surface area contributed by atoms with Gasteiger partial charge in [0.1, 0.15) is 0 Å². The van der Waals surface area contributed by atoms with Crippen LogP contribution >= 0.6 is 11.6 Å². The Hall–Kier alpha value is -1.55. The molecule has 0 saturated heterocycles. The molecule has 0 aliphatic carbocycles.